The lowest BCUT2D eigenvalue weighted by molar-refractivity contribution is 0.0941. The van der Waals surface area contributed by atoms with E-state index in [1.165, 1.54) is 25.8 Å². The molecule has 1 saturated heterocycles. The Morgan fingerprint density at radius 1 is 1.26 bits per heavy atom. The average Bonchev–Trinajstić information content (AvgIpc) is 3.05. The monoisotopic (exact) mass is 389 g/mol. The second-order valence-electron chi connectivity index (χ2n) is 7.21. The van der Waals surface area contributed by atoms with E-state index in [1.54, 1.807) is 16.8 Å². The van der Waals surface area contributed by atoms with Crippen molar-refractivity contribution in [3.05, 3.63) is 40.9 Å². The zero-order valence-electron chi connectivity index (χ0n) is 16.1. The predicted octanol–water partition coefficient (Wildman–Crippen LogP) is 3.61. The number of unbranched alkanes of at least 4 members (excludes halogenated alkanes) is 1. The number of rotatable bonds is 7. The van der Waals surface area contributed by atoms with E-state index in [0.717, 1.165) is 25.1 Å². The fraction of sp³-hybridized carbons (Fsp3) is 0.550. The first kappa shape index (κ1) is 19.8. The molecule has 2 heterocycles. The summed E-state index contributed by atoms with van der Waals surface area (Å²) in [6.45, 7) is 7.11. The minimum absolute atomic E-state index is 0.201. The molecule has 1 aliphatic heterocycles. The molecule has 6 nitrogen and oxygen atoms in total. The zero-order chi connectivity index (χ0) is 19.2. The largest absolute Gasteiger partial charge is 0.349 e. The third kappa shape index (κ3) is 5.30. The second-order valence-corrected chi connectivity index (χ2v) is 7.65. The number of carbonyl (C=O) groups excluding carboxylic acids is 1. The SMILES string of the molecule is Cc1nc(C(=O)NCCCCN2CCCCC2C)nn1-c1ccc(Cl)cc1. The van der Waals surface area contributed by atoms with Crippen LogP contribution in [0.3, 0.4) is 0 Å². The molecule has 1 aromatic heterocycles. The predicted molar refractivity (Wildman–Crippen MR) is 108 cm³/mol. The summed E-state index contributed by atoms with van der Waals surface area (Å²) in [7, 11) is 0. The van der Waals surface area contributed by atoms with Crippen molar-refractivity contribution in [3.8, 4) is 5.69 Å². The molecule has 0 spiro atoms. The van der Waals surface area contributed by atoms with Crippen LogP contribution in [0.15, 0.2) is 24.3 Å². The maximum atomic E-state index is 12.3. The number of benzene rings is 1. The molecule has 1 atom stereocenters. The number of hydrogen-bond acceptors (Lipinski definition) is 4. The fourth-order valence-corrected chi connectivity index (χ4v) is 3.65. The minimum atomic E-state index is -0.225. The maximum Gasteiger partial charge on any atom is 0.290 e. The van der Waals surface area contributed by atoms with Crippen molar-refractivity contribution in [2.75, 3.05) is 19.6 Å². The normalized spacial score (nSPS) is 17.8. The second kappa shape index (κ2) is 9.33. The van der Waals surface area contributed by atoms with Crippen LogP contribution in [0.5, 0.6) is 0 Å². The third-order valence-electron chi connectivity index (χ3n) is 5.14. The molecule has 2 aromatic rings. The van der Waals surface area contributed by atoms with Gasteiger partial charge >= 0.3 is 0 Å². The van der Waals surface area contributed by atoms with Crippen molar-refractivity contribution in [2.24, 2.45) is 0 Å². The third-order valence-corrected chi connectivity index (χ3v) is 5.39. The smallest absolute Gasteiger partial charge is 0.290 e. The molecule has 146 valence electrons. The summed E-state index contributed by atoms with van der Waals surface area (Å²) in [5, 5.41) is 7.93. The topological polar surface area (TPSA) is 63.1 Å². The van der Waals surface area contributed by atoms with Gasteiger partial charge in [0.2, 0.25) is 5.82 Å². The first-order valence-corrected chi connectivity index (χ1v) is 10.1. The van der Waals surface area contributed by atoms with Gasteiger partial charge in [-0.1, -0.05) is 18.0 Å². The number of nitrogens with one attached hydrogen (secondary N) is 1. The molecule has 0 radical (unpaired) electrons. The number of aryl methyl sites for hydroxylation is 1. The zero-order valence-corrected chi connectivity index (χ0v) is 16.9. The van der Waals surface area contributed by atoms with Crippen molar-refractivity contribution in [2.45, 2.75) is 52.0 Å². The van der Waals surface area contributed by atoms with Crippen LogP contribution in [0.1, 0.15) is 55.5 Å². The van der Waals surface area contributed by atoms with Crippen LogP contribution >= 0.6 is 11.6 Å². The fourth-order valence-electron chi connectivity index (χ4n) is 3.52. The highest BCUT2D eigenvalue weighted by Crippen LogP contribution is 2.17. The van der Waals surface area contributed by atoms with Gasteiger partial charge in [0.1, 0.15) is 5.82 Å². The van der Waals surface area contributed by atoms with Gasteiger partial charge < -0.3 is 10.2 Å². The molecule has 3 rings (SSSR count). The summed E-state index contributed by atoms with van der Waals surface area (Å²) in [6.07, 6.45) is 6.02. The number of nitrogens with zero attached hydrogens (tertiary/aromatic N) is 4. The molecule has 1 N–H and O–H groups in total. The molecule has 0 saturated carbocycles. The molecule has 0 bridgehead atoms. The van der Waals surface area contributed by atoms with Gasteiger partial charge in [-0.15, -0.1) is 5.10 Å². The first-order valence-electron chi connectivity index (χ1n) is 9.76. The van der Waals surface area contributed by atoms with Crippen molar-refractivity contribution in [1.29, 1.82) is 0 Å². The number of carbonyl (C=O) groups is 1. The summed E-state index contributed by atoms with van der Waals surface area (Å²) >= 11 is 5.92. The van der Waals surface area contributed by atoms with Crippen molar-refractivity contribution in [1.82, 2.24) is 25.0 Å². The summed E-state index contributed by atoms with van der Waals surface area (Å²) in [5.74, 6) is 0.644. The van der Waals surface area contributed by atoms with Crippen LogP contribution in [0.2, 0.25) is 5.02 Å². The minimum Gasteiger partial charge on any atom is -0.349 e. The number of hydrogen-bond donors (Lipinski definition) is 1. The van der Waals surface area contributed by atoms with E-state index >= 15 is 0 Å². The van der Waals surface area contributed by atoms with Crippen LogP contribution in [-0.4, -0.2) is 51.2 Å². The lowest BCUT2D eigenvalue weighted by Crippen LogP contribution is -2.38. The highest BCUT2D eigenvalue weighted by molar-refractivity contribution is 6.30. The average molecular weight is 390 g/mol. The summed E-state index contributed by atoms with van der Waals surface area (Å²) in [6, 6.07) is 7.99. The van der Waals surface area contributed by atoms with Crippen LogP contribution in [-0.2, 0) is 0 Å². The molecule has 1 amide bonds. The molecule has 0 aliphatic carbocycles. The van der Waals surface area contributed by atoms with Crippen molar-refractivity contribution in [3.63, 3.8) is 0 Å². The number of aromatic nitrogens is 3. The van der Waals surface area contributed by atoms with E-state index in [4.69, 9.17) is 11.6 Å². The van der Waals surface area contributed by atoms with Crippen molar-refractivity contribution < 1.29 is 4.79 Å². The van der Waals surface area contributed by atoms with Gasteiger partial charge in [-0.3, -0.25) is 4.79 Å². The van der Waals surface area contributed by atoms with E-state index in [9.17, 15) is 4.79 Å². The standard InChI is InChI=1S/C20H28ClN5O/c1-15-7-3-5-13-25(15)14-6-4-12-22-20(27)19-23-16(2)26(24-19)18-10-8-17(21)9-11-18/h8-11,15H,3-7,12-14H2,1-2H3,(H,22,27). The first-order chi connectivity index (χ1) is 13.0. The van der Waals surface area contributed by atoms with E-state index in [2.05, 4.69) is 27.2 Å². The van der Waals surface area contributed by atoms with Gasteiger partial charge in [0.25, 0.3) is 5.91 Å². The van der Waals surface area contributed by atoms with Gasteiger partial charge in [0, 0.05) is 17.6 Å². The van der Waals surface area contributed by atoms with Gasteiger partial charge in [-0.05, 0) is 76.9 Å². The Hall–Kier alpha value is -1.92. The van der Waals surface area contributed by atoms with E-state index in [0.29, 0.717) is 23.4 Å². The lowest BCUT2D eigenvalue weighted by atomic mass is 10.0. The van der Waals surface area contributed by atoms with Crippen LogP contribution in [0.4, 0.5) is 0 Å². The van der Waals surface area contributed by atoms with E-state index in [1.807, 2.05) is 19.1 Å². The summed E-state index contributed by atoms with van der Waals surface area (Å²) in [4.78, 5) is 19.2. The summed E-state index contributed by atoms with van der Waals surface area (Å²) < 4.78 is 1.66. The van der Waals surface area contributed by atoms with E-state index in [-0.39, 0.29) is 11.7 Å². The Morgan fingerprint density at radius 3 is 2.78 bits per heavy atom. The summed E-state index contributed by atoms with van der Waals surface area (Å²) in [5.41, 5.74) is 0.833. The molecule has 1 aliphatic rings. The Morgan fingerprint density at radius 2 is 2.04 bits per heavy atom. The maximum absolute atomic E-state index is 12.3. The lowest BCUT2D eigenvalue weighted by Gasteiger charge is -2.33. The Labute approximate surface area is 165 Å². The molecule has 7 heteroatoms. The molecule has 1 fully saturated rings. The van der Waals surface area contributed by atoms with Gasteiger partial charge in [0.15, 0.2) is 0 Å². The highest BCUT2D eigenvalue weighted by Gasteiger charge is 2.18. The Bertz CT molecular complexity index is 758. The Balaban J connectivity index is 1.46. The van der Waals surface area contributed by atoms with Gasteiger partial charge in [-0.2, -0.15) is 0 Å². The van der Waals surface area contributed by atoms with Gasteiger partial charge in [0.05, 0.1) is 5.69 Å². The molecule has 1 aromatic carbocycles. The molecule has 27 heavy (non-hydrogen) atoms. The van der Waals surface area contributed by atoms with Crippen LogP contribution < -0.4 is 5.32 Å². The molecular weight excluding hydrogens is 362 g/mol. The number of amides is 1. The number of halogens is 1. The van der Waals surface area contributed by atoms with E-state index < -0.39 is 0 Å². The highest BCUT2D eigenvalue weighted by atomic mass is 35.5. The number of piperidine rings is 1. The van der Waals surface area contributed by atoms with Crippen LogP contribution in [0, 0.1) is 6.92 Å². The molecular formula is C20H28ClN5O. The number of likely N-dealkylation sites (tertiary alicyclic amines) is 1. The quantitative estimate of drug-likeness (QED) is 0.734. The Kier molecular flexibility index (Phi) is 6.85. The van der Waals surface area contributed by atoms with Gasteiger partial charge in [-0.25, -0.2) is 9.67 Å². The molecule has 1 unspecified atom stereocenters. The van der Waals surface area contributed by atoms with Crippen LogP contribution in [0.25, 0.3) is 5.69 Å². The van der Waals surface area contributed by atoms with Crippen molar-refractivity contribution >= 4 is 17.5 Å².